The zero-order chi connectivity index (χ0) is 12.3. The van der Waals surface area contributed by atoms with Crippen LogP contribution in [0.5, 0.6) is 0 Å². The third-order valence-corrected chi connectivity index (χ3v) is 3.80. The van der Waals surface area contributed by atoms with Crippen molar-refractivity contribution in [2.45, 2.75) is 64.3 Å². The van der Waals surface area contributed by atoms with Crippen molar-refractivity contribution >= 4 is 11.5 Å². The Balaban J connectivity index is 2.04. The summed E-state index contributed by atoms with van der Waals surface area (Å²) in [4.78, 5) is 1.14. The van der Waals surface area contributed by atoms with Crippen LogP contribution in [0.4, 0.5) is 0 Å². The van der Waals surface area contributed by atoms with Gasteiger partial charge >= 0.3 is 0 Å². The number of unbranched alkanes of at least 4 members (excludes halogenated alkanes) is 6. The van der Waals surface area contributed by atoms with E-state index in [0.717, 1.165) is 11.3 Å². The van der Waals surface area contributed by atoms with Gasteiger partial charge in [-0.2, -0.15) is 0 Å². The van der Waals surface area contributed by atoms with E-state index in [1.54, 1.807) is 6.20 Å². The molecule has 1 atom stereocenters. The van der Waals surface area contributed by atoms with E-state index in [1.165, 1.54) is 56.5 Å². The third-order valence-electron chi connectivity index (χ3n) is 3.02. The Morgan fingerprint density at radius 1 is 1.24 bits per heavy atom. The summed E-state index contributed by atoms with van der Waals surface area (Å²) in [6, 6.07) is 0.227. The molecule has 1 aromatic heterocycles. The summed E-state index contributed by atoms with van der Waals surface area (Å²) in [6.07, 6.45) is 12.2. The van der Waals surface area contributed by atoms with Gasteiger partial charge in [0.05, 0.1) is 17.1 Å². The first kappa shape index (κ1) is 14.5. The van der Waals surface area contributed by atoms with E-state index in [0.29, 0.717) is 0 Å². The predicted molar refractivity (Wildman–Crippen MR) is 72.6 cm³/mol. The van der Waals surface area contributed by atoms with Gasteiger partial charge in [0.25, 0.3) is 0 Å². The lowest BCUT2D eigenvalue weighted by Gasteiger charge is -2.12. The number of hydrazine groups is 1. The van der Waals surface area contributed by atoms with Crippen LogP contribution in [0.3, 0.4) is 0 Å². The number of nitrogens with one attached hydrogen (secondary N) is 1. The molecular formula is C12H24N4S. The van der Waals surface area contributed by atoms with Gasteiger partial charge in [-0.3, -0.25) is 11.3 Å². The summed E-state index contributed by atoms with van der Waals surface area (Å²) in [5, 5.41) is 3.84. The molecule has 17 heavy (non-hydrogen) atoms. The van der Waals surface area contributed by atoms with Crippen LogP contribution >= 0.6 is 11.5 Å². The molecule has 0 spiro atoms. The normalized spacial score (nSPS) is 12.8. The number of hydrogen-bond donors (Lipinski definition) is 2. The Morgan fingerprint density at radius 2 is 1.94 bits per heavy atom. The Bertz CT molecular complexity index is 263. The van der Waals surface area contributed by atoms with Gasteiger partial charge < -0.3 is 0 Å². The molecule has 1 rings (SSSR count). The average molecular weight is 256 g/mol. The highest BCUT2D eigenvalue weighted by Gasteiger charge is 2.11. The molecule has 1 aromatic rings. The van der Waals surface area contributed by atoms with E-state index in [1.807, 2.05) is 0 Å². The van der Waals surface area contributed by atoms with Crippen molar-refractivity contribution in [3.05, 3.63) is 11.1 Å². The van der Waals surface area contributed by atoms with Gasteiger partial charge in [-0.05, 0) is 18.0 Å². The molecule has 0 aliphatic carbocycles. The highest BCUT2D eigenvalue weighted by atomic mass is 32.1. The first-order valence-corrected chi connectivity index (χ1v) is 7.39. The van der Waals surface area contributed by atoms with E-state index in [9.17, 15) is 0 Å². The van der Waals surface area contributed by atoms with Gasteiger partial charge in [0.1, 0.15) is 0 Å². The van der Waals surface area contributed by atoms with E-state index >= 15 is 0 Å². The highest BCUT2D eigenvalue weighted by Crippen LogP contribution is 2.21. The van der Waals surface area contributed by atoms with Gasteiger partial charge in [0.15, 0.2) is 0 Å². The second kappa shape index (κ2) is 9.50. The highest BCUT2D eigenvalue weighted by molar-refractivity contribution is 7.05. The van der Waals surface area contributed by atoms with Gasteiger partial charge in [0.2, 0.25) is 0 Å². The molecule has 4 nitrogen and oxygen atoms in total. The summed E-state index contributed by atoms with van der Waals surface area (Å²) in [5.41, 5.74) is 2.85. The van der Waals surface area contributed by atoms with Crippen LogP contribution in [0.2, 0.25) is 0 Å². The molecule has 0 amide bonds. The van der Waals surface area contributed by atoms with Crippen molar-refractivity contribution < 1.29 is 0 Å². The fourth-order valence-corrected chi connectivity index (χ4v) is 2.54. The number of nitrogens with two attached hydrogens (primary N) is 1. The molecule has 0 saturated heterocycles. The van der Waals surface area contributed by atoms with E-state index in [2.05, 4.69) is 21.9 Å². The van der Waals surface area contributed by atoms with Crippen molar-refractivity contribution in [3.8, 4) is 0 Å². The van der Waals surface area contributed by atoms with Crippen LogP contribution in [-0.2, 0) is 0 Å². The molecule has 0 aromatic carbocycles. The third kappa shape index (κ3) is 6.10. The predicted octanol–water partition coefficient (Wildman–Crippen LogP) is 3.18. The monoisotopic (exact) mass is 256 g/mol. The first-order chi connectivity index (χ1) is 8.38. The van der Waals surface area contributed by atoms with E-state index in [4.69, 9.17) is 5.84 Å². The molecule has 1 heterocycles. The van der Waals surface area contributed by atoms with Crippen LogP contribution in [0.15, 0.2) is 6.20 Å². The molecule has 0 fully saturated rings. The van der Waals surface area contributed by atoms with Crippen molar-refractivity contribution in [2.24, 2.45) is 5.84 Å². The molecule has 0 radical (unpaired) electrons. The fraction of sp³-hybridized carbons (Fsp3) is 0.833. The van der Waals surface area contributed by atoms with Gasteiger partial charge in [-0.25, -0.2) is 0 Å². The lowest BCUT2D eigenvalue weighted by atomic mass is 10.0. The smallest absolute Gasteiger partial charge is 0.0669 e. The quantitative estimate of drug-likeness (QED) is 0.383. The standard InChI is InChI=1S/C12H24N4S/c1-2-3-4-5-6-7-8-9-11(15-13)12-10-14-16-17-12/h10-11,15H,2-9,13H2,1H3. The zero-order valence-corrected chi connectivity index (χ0v) is 11.5. The Kier molecular flexibility index (Phi) is 8.13. The molecule has 0 saturated carbocycles. The molecule has 3 N–H and O–H groups in total. The lowest BCUT2D eigenvalue weighted by Crippen LogP contribution is -2.27. The molecule has 0 aliphatic rings. The van der Waals surface area contributed by atoms with Gasteiger partial charge in [0, 0.05) is 0 Å². The second-order valence-corrected chi connectivity index (χ2v) is 5.27. The largest absolute Gasteiger partial charge is 0.271 e. The Hall–Kier alpha value is -0.520. The first-order valence-electron chi connectivity index (χ1n) is 6.61. The Labute approximate surface area is 108 Å². The van der Waals surface area contributed by atoms with Crippen LogP contribution in [0, 0.1) is 0 Å². The van der Waals surface area contributed by atoms with E-state index in [-0.39, 0.29) is 6.04 Å². The van der Waals surface area contributed by atoms with E-state index < -0.39 is 0 Å². The minimum absolute atomic E-state index is 0.227. The van der Waals surface area contributed by atoms with Crippen LogP contribution < -0.4 is 11.3 Å². The molecule has 0 bridgehead atoms. The summed E-state index contributed by atoms with van der Waals surface area (Å²) in [6.45, 7) is 2.25. The summed E-state index contributed by atoms with van der Waals surface area (Å²) in [5.74, 6) is 5.55. The van der Waals surface area contributed by atoms with Crippen LogP contribution in [0.1, 0.15) is 69.2 Å². The summed E-state index contributed by atoms with van der Waals surface area (Å²) < 4.78 is 3.87. The number of aromatic nitrogens is 2. The summed E-state index contributed by atoms with van der Waals surface area (Å²) >= 11 is 1.43. The maximum Gasteiger partial charge on any atom is 0.0669 e. The minimum Gasteiger partial charge on any atom is -0.271 e. The maximum atomic E-state index is 5.55. The number of hydrogen-bond acceptors (Lipinski definition) is 5. The molecule has 1 unspecified atom stereocenters. The Morgan fingerprint density at radius 3 is 2.53 bits per heavy atom. The van der Waals surface area contributed by atoms with Crippen LogP contribution in [0.25, 0.3) is 0 Å². The topological polar surface area (TPSA) is 63.8 Å². The van der Waals surface area contributed by atoms with Crippen molar-refractivity contribution in [1.29, 1.82) is 0 Å². The fourth-order valence-electron chi connectivity index (χ4n) is 1.94. The number of nitrogens with zero attached hydrogens (tertiary/aromatic N) is 2. The average Bonchev–Trinajstić information content (AvgIpc) is 2.86. The van der Waals surface area contributed by atoms with Crippen molar-refractivity contribution in [2.75, 3.05) is 0 Å². The molecular weight excluding hydrogens is 232 g/mol. The van der Waals surface area contributed by atoms with Gasteiger partial charge in [-0.15, -0.1) is 5.10 Å². The van der Waals surface area contributed by atoms with Crippen molar-refractivity contribution in [3.63, 3.8) is 0 Å². The summed E-state index contributed by atoms with van der Waals surface area (Å²) in [7, 11) is 0. The van der Waals surface area contributed by atoms with Crippen molar-refractivity contribution in [1.82, 2.24) is 15.0 Å². The molecule has 0 aliphatic heterocycles. The minimum atomic E-state index is 0.227. The molecule has 98 valence electrons. The molecule has 5 heteroatoms. The van der Waals surface area contributed by atoms with Gasteiger partial charge in [-0.1, -0.05) is 56.4 Å². The SMILES string of the molecule is CCCCCCCCCC(NN)c1cnns1. The lowest BCUT2D eigenvalue weighted by molar-refractivity contribution is 0.480. The second-order valence-electron chi connectivity index (χ2n) is 4.45. The number of rotatable bonds is 10. The zero-order valence-electron chi connectivity index (χ0n) is 10.7. The maximum absolute atomic E-state index is 5.55. The van der Waals surface area contributed by atoms with Crippen LogP contribution in [-0.4, -0.2) is 9.59 Å².